The van der Waals surface area contributed by atoms with Gasteiger partial charge >= 0.3 is 0 Å². The molecule has 6 heteroatoms. The van der Waals surface area contributed by atoms with E-state index in [1.54, 1.807) is 7.11 Å². The Balaban J connectivity index is 2.21. The summed E-state index contributed by atoms with van der Waals surface area (Å²) < 4.78 is 7.12. The zero-order valence-corrected chi connectivity index (χ0v) is 15.3. The summed E-state index contributed by atoms with van der Waals surface area (Å²) in [6.07, 6.45) is 0. The van der Waals surface area contributed by atoms with Crippen LogP contribution in [0.25, 0.3) is 16.8 Å². The molecule has 0 aliphatic rings. The zero-order valence-electron chi connectivity index (χ0n) is 15.3. The lowest BCUT2D eigenvalue weighted by Gasteiger charge is -2.14. The Labute approximate surface area is 147 Å². The first-order valence-corrected chi connectivity index (χ1v) is 8.34. The SMILES string of the molecule is COc1ccc(-c2c(C)nn3c(N[C@H](C)CO)cc(C)nc23)c(C)c1. The number of aliphatic hydroxyl groups excluding tert-OH is 1. The second-order valence-corrected chi connectivity index (χ2v) is 6.39. The lowest BCUT2D eigenvalue weighted by molar-refractivity contribution is 0.281. The minimum Gasteiger partial charge on any atom is -0.497 e. The van der Waals surface area contributed by atoms with Crippen LogP contribution < -0.4 is 10.1 Å². The average Bonchev–Trinajstić information content (AvgIpc) is 2.90. The number of rotatable bonds is 5. The highest BCUT2D eigenvalue weighted by Crippen LogP contribution is 2.33. The molecule has 2 N–H and O–H groups in total. The van der Waals surface area contributed by atoms with Crippen LogP contribution in [0.4, 0.5) is 5.82 Å². The number of nitrogens with one attached hydrogen (secondary N) is 1. The van der Waals surface area contributed by atoms with Gasteiger partial charge < -0.3 is 15.2 Å². The fourth-order valence-corrected chi connectivity index (χ4v) is 3.00. The van der Waals surface area contributed by atoms with Crippen molar-refractivity contribution in [3.05, 3.63) is 41.2 Å². The summed E-state index contributed by atoms with van der Waals surface area (Å²) in [6, 6.07) is 7.89. The van der Waals surface area contributed by atoms with Crippen LogP contribution in [0.2, 0.25) is 0 Å². The molecule has 0 saturated carbocycles. The van der Waals surface area contributed by atoms with E-state index >= 15 is 0 Å². The summed E-state index contributed by atoms with van der Waals surface area (Å²) >= 11 is 0. The normalized spacial score (nSPS) is 12.4. The van der Waals surface area contributed by atoms with Gasteiger partial charge in [0.2, 0.25) is 0 Å². The Morgan fingerprint density at radius 1 is 1.24 bits per heavy atom. The van der Waals surface area contributed by atoms with E-state index in [2.05, 4.69) is 17.3 Å². The number of benzene rings is 1. The number of aliphatic hydroxyl groups is 1. The van der Waals surface area contributed by atoms with Crippen LogP contribution in [0.15, 0.2) is 24.3 Å². The predicted octanol–water partition coefficient (Wildman–Crippen LogP) is 3.12. The van der Waals surface area contributed by atoms with Crippen LogP contribution in [-0.4, -0.2) is 39.5 Å². The molecule has 132 valence electrons. The number of nitrogens with zero attached hydrogens (tertiary/aromatic N) is 3. The quantitative estimate of drug-likeness (QED) is 0.747. The van der Waals surface area contributed by atoms with E-state index in [0.717, 1.165) is 45.3 Å². The molecule has 2 heterocycles. The number of aryl methyl sites for hydroxylation is 3. The standard InChI is InChI=1S/C19H24N4O2/c1-11-8-15(25-5)6-7-16(11)18-14(4)22-23-17(20-13(3)10-24)9-12(2)21-19(18)23/h6-9,13,20,24H,10H2,1-5H3/t13-/m1/s1. The number of methoxy groups -OCH3 is 1. The maximum absolute atomic E-state index is 9.34. The van der Waals surface area contributed by atoms with Crippen LogP contribution in [0.3, 0.4) is 0 Å². The van der Waals surface area contributed by atoms with Gasteiger partial charge in [-0.2, -0.15) is 9.61 Å². The van der Waals surface area contributed by atoms with E-state index in [0.29, 0.717) is 0 Å². The number of aromatic nitrogens is 3. The first-order valence-electron chi connectivity index (χ1n) is 8.34. The molecule has 1 atom stereocenters. The fraction of sp³-hybridized carbons (Fsp3) is 0.368. The van der Waals surface area contributed by atoms with E-state index in [1.165, 1.54) is 0 Å². The maximum Gasteiger partial charge on any atom is 0.165 e. The van der Waals surface area contributed by atoms with Gasteiger partial charge in [0.1, 0.15) is 11.6 Å². The minimum atomic E-state index is -0.0688. The van der Waals surface area contributed by atoms with Crippen molar-refractivity contribution in [1.82, 2.24) is 14.6 Å². The largest absolute Gasteiger partial charge is 0.497 e. The number of hydrogen-bond acceptors (Lipinski definition) is 5. The highest BCUT2D eigenvalue weighted by molar-refractivity contribution is 5.83. The van der Waals surface area contributed by atoms with Crippen molar-refractivity contribution in [1.29, 1.82) is 0 Å². The number of fused-ring (bicyclic) bond motifs is 1. The molecule has 0 spiro atoms. The van der Waals surface area contributed by atoms with Crippen molar-refractivity contribution in [2.45, 2.75) is 33.7 Å². The smallest absolute Gasteiger partial charge is 0.165 e. The van der Waals surface area contributed by atoms with Gasteiger partial charge in [-0.1, -0.05) is 6.07 Å². The van der Waals surface area contributed by atoms with E-state index < -0.39 is 0 Å². The summed E-state index contributed by atoms with van der Waals surface area (Å²) in [7, 11) is 1.67. The van der Waals surface area contributed by atoms with Crippen molar-refractivity contribution in [3.8, 4) is 16.9 Å². The number of anilines is 1. The van der Waals surface area contributed by atoms with Gasteiger partial charge in [-0.15, -0.1) is 0 Å². The molecule has 0 amide bonds. The third-order valence-electron chi connectivity index (χ3n) is 4.26. The van der Waals surface area contributed by atoms with Gasteiger partial charge in [-0.05, 0) is 51.0 Å². The molecule has 2 aromatic heterocycles. The Morgan fingerprint density at radius 2 is 2.00 bits per heavy atom. The minimum absolute atomic E-state index is 0.0492. The van der Waals surface area contributed by atoms with Gasteiger partial charge in [-0.3, -0.25) is 0 Å². The lowest BCUT2D eigenvalue weighted by atomic mass is 10.0. The summed E-state index contributed by atoms with van der Waals surface area (Å²) in [5.74, 6) is 1.66. The van der Waals surface area contributed by atoms with Gasteiger partial charge in [0, 0.05) is 23.4 Å². The lowest BCUT2D eigenvalue weighted by Crippen LogP contribution is -2.21. The molecule has 25 heavy (non-hydrogen) atoms. The van der Waals surface area contributed by atoms with Gasteiger partial charge in [0.15, 0.2) is 5.65 Å². The van der Waals surface area contributed by atoms with Gasteiger partial charge in [0.25, 0.3) is 0 Å². The van der Waals surface area contributed by atoms with Crippen LogP contribution >= 0.6 is 0 Å². The van der Waals surface area contributed by atoms with Gasteiger partial charge in [0.05, 0.1) is 19.4 Å². The first kappa shape index (κ1) is 17.2. The molecule has 6 nitrogen and oxygen atoms in total. The van der Waals surface area contributed by atoms with Crippen molar-refractivity contribution >= 4 is 11.5 Å². The summed E-state index contributed by atoms with van der Waals surface area (Å²) in [5.41, 5.74) is 5.83. The molecular weight excluding hydrogens is 316 g/mol. The third kappa shape index (κ3) is 3.17. The Kier molecular flexibility index (Phi) is 4.63. The molecule has 0 saturated heterocycles. The molecule has 1 aromatic carbocycles. The molecule has 0 aliphatic carbocycles. The number of ether oxygens (including phenoxy) is 1. The van der Waals surface area contributed by atoms with Crippen LogP contribution in [0.5, 0.6) is 5.75 Å². The average molecular weight is 340 g/mol. The Morgan fingerprint density at radius 3 is 2.64 bits per heavy atom. The van der Waals surface area contributed by atoms with Crippen molar-refractivity contribution in [2.24, 2.45) is 0 Å². The second-order valence-electron chi connectivity index (χ2n) is 6.39. The highest BCUT2D eigenvalue weighted by atomic mass is 16.5. The van der Waals surface area contributed by atoms with Crippen molar-refractivity contribution < 1.29 is 9.84 Å². The maximum atomic E-state index is 9.34. The molecule has 3 rings (SSSR count). The molecule has 0 bridgehead atoms. The molecule has 0 aliphatic heterocycles. The molecule has 0 fully saturated rings. The highest BCUT2D eigenvalue weighted by Gasteiger charge is 2.18. The summed E-state index contributed by atoms with van der Waals surface area (Å²) in [4.78, 5) is 4.72. The third-order valence-corrected chi connectivity index (χ3v) is 4.26. The topological polar surface area (TPSA) is 71.7 Å². The van der Waals surface area contributed by atoms with Crippen LogP contribution in [-0.2, 0) is 0 Å². The van der Waals surface area contributed by atoms with E-state index in [9.17, 15) is 5.11 Å². The van der Waals surface area contributed by atoms with E-state index in [1.807, 2.05) is 49.6 Å². The zero-order chi connectivity index (χ0) is 18.1. The summed E-state index contributed by atoms with van der Waals surface area (Å²) in [6.45, 7) is 7.98. The van der Waals surface area contributed by atoms with E-state index in [4.69, 9.17) is 9.72 Å². The molecule has 0 radical (unpaired) electrons. The monoisotopic (exact) mass is 340 g/mol. The predicted molar refractivity (Wildman–Crippen MR) is 99.4 cm³/mol. The van der Waals surface area contributed by atoms with Crippen LogP contribution in [0.1, 0.15) is 23.9 Å². The fourth-order valence-electron chi connectivity index (χ4n) is 3.00. The van der Waals surface area contributed by atoms with Gasteiger partial charge in [-0.25, -0.2) is 4.98 Å². The Hall–Kier alpha value is -2.60. The number of hydrogen-bond donors (Lipinski definition) is 2. The molecule has 3 aromatic rings. The van der Waals surface area contributed by atoms with Crippen molar-refractivity contribution in [3.63, 3.8) is 0 Å². The first-order chi connectivity index (χ1) is 11.9. The summed E-state index contributed by atoms with van der Waals surface area (Å²) in [5, 5.41) is 17.3. The van der Waals surface area contributed by atoms with Crippen LogP contribution in [0, 0.1) is 20.8 Å². The second kappa shape index (κ2) is 6.72. The molecular formula is C19H24N4O2. The van der Waals surface area contributed by atoms with E-state index in [-0.39, 0.29) is 12.6 Å². The Bertz CT molecular complexity index is 917. The van der Waals surface area contributed by atoms with Crippen molar-refractivity contribution in [2.75, 3.05) is 19.0 Å². The molecule has 0 unspecified atom stereocenters.